The van der Waals surface area contributed by atoms with E-state index in [1.54, 1.807) is 0 Å². The van der Waals surface area contributed by atoms with Crippen molar-refractivity contribution < 1.29 is 14.0 Å². The van der Waals surface area contributed by atoms with Gasteiger partial charge in [-0.2, -0.15) is 0 Å². The van der Waals surface area contributed by atoms with Gasteiger partial charge in [0, 0.05) is 43.5 Å². The average molecular weight is 383 g/mol. The van der Waals surface area contributed by atoms with Crippen LogP contribution in [0.25, 0.3) is 11.0 Å². The number of nitrogens with zero attached hydrogens (tertiary/aromatic N) is 2. The molecule has 1 aromatic heterocycles. The van der Waals surface area contributed by atoms with Gasteiger partial charge in [0.2, 0.25) is 5.91 Å². The Bertz CT molecular complexity index is 879. The molecule has 28 heavy (non-hydrogen) atoms. The quantitative estimate of drug-likeness (QED) is 0.792. The summed E-state index contributed by atoms with van der Waals surface area (Å²) in [4.78, 5) is 29.4. The summed E-state index contributed by atoms with van der Waals surface area (Å²) in [6.45, 7) is 7.31. The van der Waals surface area contributed by atoms with E-state index in [2.05, 4.69) is 0 Å². The first-order valence-corrected chi connectivity index (χ1v) is 10.6. The van der Waals surface area contributed by atoms with Gasteiger partial charge in [-0.15, -0.1) is 0 Å². The van der Waals surface area contributed by atoms with Crippen LogP contribution in [0, 0.1) is 19.8 Å². The van der Waals surface area contributed by atoms with Crippen LogP contribution in [0.15, 0.2) is 22.6 Å². The molecule has 2 aliphatic rings. The van der Waals surface area contributed by atoms with E-state index >= 15 is 0 Å². The summed E-state index contributed by atoms with van der Waals surface area (Å²) < 4.78 is 5.94. The lowest BCUT2D eigenvalue weighted by Crippen LogP contribution is -2.40. The number of carbonyl (C=O) groups excluding carboxylic acids is 2. The van der Waals surface area contributed by atoms with E-state index in [9.17, 15) is 9.59 Å². The number of fused-ring (bicyclic) bond motifs is 1. The lowest BCUT2D eigenvalue weighted by Gasteiger charge is -2.32. The number of benzene rings is 1. The van der Waals surface area contributed by atoms with Crippen LogP contribution in [0.2, 0.25) is 0 Å². The Labute approximate surface area is 166 Å². The van der Waals surface area contributed by atoms with Crippen molar-refractivity contribution in [2.24, 2.45) is 5.92 Å². The van der Waals surface area contributed by atoms with Crippen LogP contribution in [0.5, 0.6) is 0 Å². The molecule has 2 fully saturated rings. The highest BCUT2D eigenvalue weighted by molar-refractivity contribution is 5.99. The number of hydrogen-bond donors (Lipinski definition) is 0. The molecule has 0 radical (unpaired) electrons. The Morgan fingerprint density at radius 2 is 1.82 bits per heavy atom. The zero-order valence-electron chi connectivity index (χ0n) is 17.0. The molecule has 2 saturated heterocycles. The molecule has 4 rings (SSSR count). The third-order valence-corrected chi connectivity index (χ3v) is 6.32. The summed E-state index contributed by atoms with van der Waals surface area (Å²) in [5.74, 6) is 1.14. The van der Waals surface area contributed by atoms with Gasteiger partial charge < -0.3 is 14.2 Å². The number of carbonyl (C=O) groups is 2. The maximum absolute atomic E-state index is 13.1. The summed E-state index contributed by atoms with van der Waals surface area (Å²) in [5.41, 5.74) is 2.83. The smallest absolute Gasteiger partial charge is 0.289 e. The third kappa shape index (κ3) is 3.80. The molecule has 5 heteroatoms. The lowest BCUT2D eigenvalue weighted by atomic mass is 9.93. The van der Waals surface area contributed by atoms with E-state index in [-0.39, 0.29) is 11.8 Å². The standard InChI is InChI=1S/C23H30N2O3/c1-16-7-9-19-17(2)22(28-20(19)14-16)23(27)25-13-5-6-18(15-25)8-10-21(26)24-11-3-4-12-24/h7,9,14,18H,3-6,8,10-13,15H2,1-2H3. The normalized spacial score (nSPS) is 20.1. The number of likely N-dealkylation sites (tertiary alicyclic amines) is 2. The van der Waals surface area contributed by atoms with Gasteiger partial charge in [0.25, 0.3) is 5.91 Å². The largest absolute Gasteiger partial charge is 0.451 e. The van der Waals surface area contributed by atoms with E-state index in [0.717, 1.165) is 80.4 Å². The number of hydrogen-bond acceptors (Lipinski definition) is 3. The van der Waals surface area contributed by atoms with Crippen molar-refractivity contribution in [1.29, 1.82) is 0 Å². The highest BCUT2D eigenvalue weighted by Crippen LogP contribution is 2.29. The van der Waals surface area contributed by atoms with Crippen LogP contribution >= 0.6 is 0 Å². The molecule has 1 aromatic carbocycles. The molecule has 0 saturated carbocycles. The second-order valence-electron chi connectivity index (χ2n) is 8.44. The van der Waals surface area contributed by atoms with Crippen LogP contribution < -0.4 is 0 Å². The van der Waals surface area contributed by atoms with Gasteiger partial charge in [0.1, 0.15) is 5.58 Å². The molecule has 2 amide bonds. The summed E-state index contributed by atoms with van der Waals surface area (Å²) in [6.07, 6.45) is 5.83. The van der Waals surface area contributed by atoms with Crippen molar-refractivity contribution in [3.63, 3.8) is 0 Å². The number of aryl methyl sites for hydroxylation is 2. The fourth-order valence-electron chi connectivity index (χ4n) is 4.62. The van der Waals surface area contributed by atoms with Gasteiger partial charge >= 0.3 is 0 Å². The van der Waals surface area contributed by atoms with Crippen molar-refractivity contribution >= 4 is 22.8 Å². The van der Waals surface area contributed by atoms with Crippen LogP contribution in [0.3, 0.4) is 0 Å². The summed E-state index contributed by atoms with van der Waals surface area (Å²) >= 11 is 0. The zero-order valence-corrected chi connectivity index (χ0v) is 17.0. The van der Waals surface area contributed by atoms with E-state index in [0.29, 0.717) is 18.1 Å². The second-order valence-corrected chi connectivity index (χ2v) is 8.44. The van der Waals surface area contributed by atoms with Crippen molar-refractivity contribution in [3.8, 4) is 0 Å². The number of piperidine rings is 1. The van der Waals surface area contributed by atoms with Crippen LogP contribution in [0.1, 0.15) is 60.2 Å². The molecule has 0 aliphatic carbocycles. The molecule has 2 aromatic rings. The molecule has 3 heterocycles. The van der Waals surface area contributed by atoms with Crippen LogP contribution in [0.4, 0.5) is 0 Å². The maximum atomic E-state index is 13.1. The lowest BCUT2D eigenvalue weighted by molar-refractivity contribution is -0.130. The minimum absolute atomic E-state index is 0.0121. The molecular formula is C23H30N2O3. The number of furan rings is 1. The Hall–Kier alpha value is -2.30. The van der Waals surface area contributed by atoms with Crippen LogP contribution in [-0.4, -0.2) is 47.8 Å². The van der Waals surface area contributed by atoms with Gasteiger partial charge in [-0.3, -0.25) is 9.59 Å². The first-order chi connectivity index (χ1) is 13.5. The van der Waals surface area contributed by atoms with Gasteiger partial charge in [0.15, 0.2) is 5.76 Å². The first-order valence-electron chi connectivity index (χ1n) is 10.6. The van der Waals surface area contributed by atoms with Crippen molar-refractivity contribution in [3.05, 3.63) is 35.1 Å². The summed E-state index contributed by atoms with van der Waals surface area (Å²) in [6, 6.07) is 6.07. The van der Waals surface area contributed by atoms with Gasteiger partial charge in [-0.1, -0.05) is 12.1 Å². The predicted octanol–water partition coefficient (Wildman–Crippen LogP) is 4.30. The monoisotopic (exact) mass is 382 g/mol. The molecular weight excluding hydrogens is 352 g/mol. The molecule has 5 nitrogen and oxygen atoms in total. The van der Waals surface area contributed by atoms with E-state index < -0.39 is 0 Å². The van der Waals surface area contributed by atoms with Crippen molar-refractivity contribution in [2.45, 2.75) is 52.4 Å². The topological polar surface area (TPSA) is 53.8 Å². The maximum Gasteiger partial charge on any atom is 0.289 e. The SMILES string of the molecule is Cc1ccc2c(C)c(C(=O)N3CCCC(CCC(=O)N4CCCC4)C3)oc2c1. The van der Waals surface area contributed by atoms with E-state index in [4.69, 9.17) is 4.42 Å². The third-order valence-electron chi connectivity index (χ3n) is 6.32. The second kappa shape index (κ2) is 7.98. The predicted molar refractivity (Wildman–Crippen MR) is 109 cm³/mol. The Balaban J connectivity index is 1.40. The van der Waals surface area contributed by atoms with Gasteiger partial charge in [-0.25, -0.2) is 0 Å². The minimum Gasteiger partial charge on any atom is -0.451 e. The van der Waals surface area contributed by atoms with E-state index in [1.165, 1.54) is 0 Å². The zero-order chi connectivity index (χ0) is 19.7. The molecule has 0 N–H and O–H groups in total. The molecule has 0 bridgehead atoms. The van der Waals surface area contributed by atoms with E-state index in [1.807, 2.05) is 41.8 Å². The Morgan fingerprint density at radius 1 is 1.07 bits per heavy atom. The highest BCUT2D eigenvalue weighted by atomic mass is 16.3. The average Bonchev–Trinajstić information content (AvgIpc) is 3.34. The first kappa shape index (κ1) is 19.0. The number of rotatable bonds is 4. The van der Waals surface area contributed by atoms with Crippen molar-refractivity contribution in [1.82, 2.24) is 9.80 Å². The Kier molecular flexibility index (Phi) is 5.42. The molecule has 1 unspecified atom stereocenters. The van der Waals surface area contributed by atoms with Gasteiger partial charge in [-0.05, 0) is 63.5 Å². The fraction of sp³-hybridized carbons (Fsp3) is 0.565. The van der Waals surface area contributed by atoms with Gasteiger partial charge in [0.05, 0.1) is 0 Å². The molecule has 1 atom stereocenters. The molecule has 150 valence electrons. The van der Waals surface area contributed by atoms with Crippen LogP contribution in [-0.2, 0) is 4.79 Å². The Morgan fingerprint density at radius 3 is 2.61 bits per heavy atom. The summed E-state index contributed by atoms with van der Waals surface area (Å²) in [5, 5.41) is 1.01. The molecule has 2 aliphatic heterocycles. The molecule has 0 spiro atoms. The van der Waals surface area contributed by atoms with Crippen molar-refractivity contribution in [2.75, 3.05) is 26.2 Å². The number of amides is 2. The fourth-order valence-corrected chi connectivity index (χ4v) is 4.62. The minimum atomic E-state index is -0.0121. The summed E-state index contributed by atoms with van der Waals surface area (Å²) in [7, 11) is 0. The highest BCUT2D eigenvalue weighted by Gasteiger charge is 2.29.